The lowest BCUT2D eigenvalue weighted by molar-refractivity contribution is 0.570. The second-order valence-electron chi connectivity index (χ2n) is 5.81. The minimum Gasteiger partial charge on any atom is -0.378 e. The summed E-state index contributed by atoms with van der Waals surface area (Å²) >= 11 is 0. The molecule has 0 aliphatic rings. The first kappa shape index (κ1) is 17.8. The molecule has 0 bridgehead atoms. The van der Waals surface area contributed by atoms with E-state index in [0.717, 1.165) is 32.0 Å². The first-order valence-electron chi connectivity index (χ1n) is 8.45. The Morgan fingerprint density at radius 2 is 2.12 bits per heavy atom. The highest BCUT2D eigenvalue weighted by molar-refractivity contribution is 5.79. The number of guanidine groups is 1. The monoisotopic (exact) mass is 328 g/mol. The van der Waals surface area contributed by atoms with Crippen LogP contribution in [0.3, 0.4) is 0 Å². The van der Waals surface area contributed by atoms with E-state index in [9.17, 15) is 0 Å². The molecule has 0 radical (unpaired) electrons. The largest absolute Gasteiger partial charge is 0.378 e. The molecular formula is C18H28N6. The lowest BCUT2D eigenvalue weighted by Gasteiger charge is -2.14. The van der Waals surface area contributed by atoms with Crippen molar-refractivity contribution in [1.82, 2.24) is 20.4 Å². The Balaban J connectivity index is 1.84. The predicted octanol–water partition coefficient (Wildman–Crippen LogP) is 2.09. The van der Waals surface area contributed by atoms with E-state index < -0.39 is 0 Å². The number of hydrogen-bond donors (Lipinski definition) is 2. The summed E-state index contributed by atoms with van der Waals surface area (Å²) in [6, 6.07) is 10.4. The van der Waals surface area contributed by atoms with E-state index in [4.69, 9.17) is 0 Å². The van der Waals surface area contributed by atoms with Gasteiger partial charge in [0.25, 0.3) is 0 Å². The van der Waals surface area contributed by atoms with Gasteiger partial charge in [-0.25, -0.2) is 4.99 Å². The number of aromatic nitrogens is 2. The van der Waals surface area contributed by atoms with Crippen molar-refractivity contribution in [3.8, 4) is 0 Å². The zero-order valence-electron chi connectivity index (χ0n) is 14.9. The van der Waals surface area contributed by atoms with Crippen molar-refractivity contribution in [2.75, 3.05) is 32.1 Å². The molecule has 0 saturated heterocycles. The van der Waals surface area contributed by atoms with Crippen LogP contribution in [-0.2, 0) is 13.1 Å². The highest BCUT2D eigenvalue weighted by atomic mass is 15.3. The fourth-order valence-corrected chi connectivity index (χ4v) is 2.33. The molecular weight excluding hydrogens is 300 g/mol. The quantitative estimate of drug-likeness (QED) is 0.443. The predicted molar refractivity (Wildman–Crippen MR) is 100 cm³/mol. The zero-order chi connectivity index (χ0) is 17.2. The van der Waals surface area contributed by atoms with Crippen molar-refractivity contribution in [2.24, 2.45) is 4.99 Å². The fourth-order valence-electron chi connectivity index (χ4n) is 2.33. The molecule has 130 valence electrons. The zero-order valence-corrected chi connectivity index (χ0v) is 14.9. The maximum Gasteiger partial charge on any atom is 0.191 e. The third kappa shape index (κ3) is 5.95. The Labute approximate surface area is 144 Å². The Morgan fingerprint density at radius 3 is 2.83 bits per heavy atom. The van der Waals surface area contributed by atoms with Crippen molar-refractivity contribution >= 4 is 11.6 Å². The summed E-state index contributed by atoms with van der Waals surface area (Å²) < 4.78 is 1.94. The van der Waals surface area contributed by atoms with Gasteiger partial charge in [-0.05, 0) is 37.1 Å². The summed E-state index contributed by atoms with van der Waals surface area (Å²) in [6.07, 6.45) is 4.79. The lowest BCUT2D eigenvalue weighted by atomic mass is 10.2. The molecule has 2 N–H and O–H groups in total. The molecule has 1 heterocycles. The van der Waals surface area contributed by atoms with Gasteiger partial charge in [0, 0.05) is 51.8 Å². The molecule has 0 saturated carbocycles. The average molecular weight is 328 g/mol. The van der Waals surface area contributed by atoms with Gasteiger partial charge in [0.1, 0.15) is 0 Å². The number of aryl methyl sites for hydroxylation is 1. The van der Waals surface area contributed by atoms with E-state index >= 15 is 0 Å². The van der Waals surface area contributed by atoms with Crippen molar-refractivity contribution < 1.29 is 0 Å². The molecule has 2 aromatic rings. The molecule has 0 amide bonds. The normalized spacial score (nSPS) is 11.4. The van der Waals surface area contributed by atoms with Crippen LogP contribution in [-0.4, -0.2) is 42.9 Å². The fraction of sp³-hybridized carbons (Fsp3) is 0.444. The van der Waals surface area contributed by atoms with Gasteiger partial charge in [0.2, 0.25) is 0 Å². The summed E-state index contributed by atoms with van der Waals surface area (Å²) in [5, 5.41) is 10.9. The van der Waals surface area contributed by atoms with Crippen LogP contribution in [0.4, 0.5) is 5.69 Å². The number of rotatable bonds is 8. The van der Waals surface area contributed by atoms with Crippen LogP contribution in [0.2, 0.25) is 0 Å². The summed E-state index contributed by atoms with van der Waals surface area (Å²) in [6.45, 7) is 5.36. The average Bonchev–Trinajstić information content (AvgIpc) is 3.10. The van der Waals surface area contributed by atoms with Gasteiger partial charge in [0.05, 0.1) is 6.54 Å². The minimum atomic E-state index is 0.663. The number of hydrogen-bond acceptors (Lipinski definition) is 3. The summed E-state index contributed by atoms with van der Waals surface area (Å²) in [5.41, 5.74) is 2.40. The van der Waals surface area contributed by atoms with E-state index in [-0.39, 0.29) is 0 Å². The molecule has 0 unspecified atom stereocenters. The minimum absolute atomic E-state index is 0.663. The third-order valence-electron chi connectivity index (χ3n) is 3.61. The number of aliphatic imine (C=N–C) groups is 1. The second kappa shape index (κ2) is 9.60. The Morgan fingerprint density at radius 1 is 1.25 bits per heavy atom. The van der Waals surface area contributed by atoms with Crippen LogP contribution in [0.1, 0.15) is 18.9 Å². The van der Waals surface area contributed by atoms with Crippen LogP contribution in [0, 0.1) is 0 Å². The van der Waals surface area contributed by atoms with E-state index in [2.05, 4.69) is 56.8 Å². The smallest absolute Gasteiger partial charge is 0.191 e. The molecule has 0 aliphatic carbocycles. The van der Waals surface area contributed by atoms with E-state index in [1.807, 2.05) is 31.0 Å². The molecule has 0 atom stereocenters. The van der Waals surface area contributed by atoms with Crippen molar-refractivity contribution in [3.63, 3.8) is 0 Å². The Kier molecular flexibility index (Phi) is 7.14. The van der Waals surface area contributed by atoms with Gasteiger partial charge in [-0.3, -0.25) is 4.68 Å². The molecule has 0 fully saturated rings. The van der Waals surface area contributed by atoms with Gasteiger partial charge in [-0.2, -0.15) is 5.10 Å². The highest BCUT2D eigenvalue weighted by Crippen LogP contribution is 2.13. The van der Waals surface area contributed by atoms with Gasteiger partial charge in [-0.15, -0.1) is 0 Å². The number of anilines is 1. The molecule has 1 aromatic heterocycles. The summed E-state index contributed by atoms with van der Waals surface area (Å²) in [5.74, 6) is 0.855. The van der Waals surface area contributed by atoms with Crippen LogP contribution in [0.15, 0.2) is 47.7 Å². The molecule has 0 aliphatic heterocycles. The molecule has 0 spiro atoms. The van der Waals surface area contributed by atoms with E-state index in [1.54, 1.807) is 6.20 Å². The standard InChI is InChI=1S/C18H28N6/c1-4-19-18(20-10-6-12-24-13-7-11-22-24)21-15-16-8-5-9-17(14-16)23(2)3/h5,7-9,11,13-14H,4,6,10,12,15H2,1-3H3,(H2,19,20,21). The summed E-state index contributed by atoms with van der Waals surface area (Å²) in [4.78, 5) is 6.78. The van der Waals surface area contributed by atoms with E-state index in [0.29, 0.717) is 6.54 Å². The van der Waals surface area contributed by atoms with Gasteiger partial charge in [0.15, 0.2) is 5.96 Å². The highest BCUT2D eigenvalue weighted by Gasteiger charge is 2.00. The molecule has 1 aromatic carbocycles. The van der Waals surface area contributed by atoms with Gasteiger partial charge < -0.3 is 15.5 Å². The Bertz CT molecular complexity index is 618. The van der Waals surface area contributed by atoms with Crippen LogP contribution < -0.4 is 15.5 Å². The Hall–Kier alpha value is -2.50. The molecule has 24 heavy (non-hydrogen) atoms. The molecule has 6 heteroatoms. The third-order valence-corrected chi connectivity index (χ3v) is 3.61. The summed E-state index contributed by atoms with van der Waals surface area (Å²) in [7, 11) is 4.10. The van der Waals surface area contributed by atoms with Crippen molar-refractivity contribution in [3.05, 3.63) is 48.3 Å². The van der Waals surface area contributed by atoms with E-state index in [1.165, 1.54) is 11.3 Å². The first-order chi connectivity index (χ1) is 11.7. The van der Waals surface area contributed by atoms with Gasteiger partial charge in [-0.1, -0.05) is 12.1 Å². The topological polar surface area (TPSA) is 57.5 Å². The van der Waals surface area contributed by atoms with Crippen LogP contribution >= 0.6 is 0 Å². The second-order valence-corrected chi connectivity index (χ2v) is 5.81. The van der Waals surface area contributed by atoms with Crippen LogP contribution in [0.5, 0.6) is 0 Å². The first-order valence-corrected chi connectivity index (χ1v) is 8.45. The van der Waals surface area contributed by atoms with Gasteiger partial charge >= 0.3 is 0 Å². The molecule has 2 rings (SSSR count). The van der Waals surface area contributed by atoms with Crippen LogP contribution in [0.25, 0.3) is 0 Å². The maximum absolute atomic E-state index is 4.67. The lowest BCUT2D eigenvalue weighted by Crippen LogP contribution is -2.38. The molecule has 6 nitrogen and oxygen atoms in total. The van der Waals surface area contributed by atoms with Crippen molar-refractivity contribution in [2.45, 2.75) is 26.4 Å². The number of nitrogens with zero attached hydrogens (tertiary/aromatic N) is 4. The number of benzene rings is 1. The maximum atomic E-state index is 4.67. The van der Waals surface area contributed by atoms with Crippen molar-refractivity contribution in [1.29, 1.82) is 0 Å². The number of nitrogens with one attached hydrogen (secondary N) is 2. The SMILES string of the molecule is CCNC(=NCc1cccc(N(C)C)c1)NCCCn1cccn1.